The lowest BCUT2D eigenvalue weighted by atomic mass is 10.1. The van der Waals surface area contributed by atoms with E-state index in [9.17, 15) is 14.4 Å². The van der Waals surface area contributed by atoms with Crippen molar-refractivity contribution >= 4 is 17.5 Å². The summed E-state index contributed by atoms with van der Waals surface area (Å²) >= 11 is 0. The number of carbonyl (C=O) groups is 3. The number of carbonyl (C=O) groups excluding carboxylic acids is 3. The largest absolute Gasteiger partial charge is 0.330 e. The Kier molecular flexibility index (Phi) is 7.46. The standard InChI is InChI=1S/C17H24N2O3/c1-13(2)16(21)9-18-10-17(22)19(11-14(3)20)12-15-7-5-4-6-8-15/h4-8,13,18H,9-12H2,1-3H3. The molecule has 0 fully saturated rings. The van der Waals surface area contributed by atoms with Gasteiger partial charge in [-0.3, -0.25) is 14.4 Å². The number of nitrogens with one attached hydrogen (secondary N) is 1. The fourth-order valence-electron chi connectivity index (χ4n) is 1.91. The summed E-state index contributed by atoms with van der Waals surface area (Å²) in [5, 5.41) is 2.85. The Labute approximate surface area is 131 Å². The molecule has 0 aliphatic heterocycles. The van der Waals surface area contributed by atoms with E-state index in [0.717, 1.165) is 5.56 Å². The lowest BCUT2D eigenvalue weighted by Gasteiger charge is -2.22. The fourth-order valence-corrected chi connectivity index (χ4v) is 1.91. The quantitative estimate of drug-likeness (QED) is 0.749. The fraction of sp³-hybridized carbons (Fsp3) is 0.471. The van der Waals surface area contributed by atoms with Gasteiger partial charge in [-0.25, -0.2) is 0 Å². The SMILES string of the molecule is CC(=O)CN(Cc1ccccc1)C(=O)CNCC(=O)C(C)C. The van der Waals surface area contributed by atoms with Crippen LogP contribution in [0.15, 0.2) is 30.3 Å². The second kappa shape index (κ2) is 9.10. The van der Waals surface area contributed by atoms with Crippen LogP contribution in [0.3, 0.4) is 0 Å². The average Bonchev–Trinajstić information content (AvgIpc) is 2.46. The van der Waals surface area contributed by atoms with Crippen LogP contribution in [0.5, 0.6) is 0 Å². The van der Waals surface area contributed by atoms with E-state index in [1.54, 1.807) is 0 Å². The van der Waals surface area contributed by atoms with E-state index < -0.39 is 0 Å². The molecule has 120 valence electrons. The Morgan fingerprint density at radius 2 is 1.73 bits per heavy atom. The molecule has 0 bridgehead atoms. The molecule has 0 atom stereocenters. The summed E-state index contributed by atoms with van der Waals surface area (Å²) in [6.07, 6.45) is 0. The molecule has 0 aliphatic rings. The highest BCUT2D eigenvalue weighted by molar-refractivity contribution is 5.86. The number of amides is 1. The zero-order chi connectivity index (χ0) is 16.5. The van der Waals surface area contributed by atoms with Gasteiger partial charge in [0.2, 0.25) is 5.91 Å². The molecule has 1 aromatic carbocycles. The maximum Gasteiger partial charge on any atom is 0.237 e. The Hall–Kier alpha value is -2.01. The normalized spacial score (nSPS) is 10.5. The number of nitrogens with zero attached hydrogens (tertiary/aromatic N) is 1. The van der Waals surface area contributed by atoms with E-state index >= 15 is 0 Å². The van der Waals surface area contributed by atoms with Crippen molar-refractivity contribution in [3.63, 3.8) is 0 Å². The molecule has 1 amide bonds. The third kappa shape index (κ3) is 6.63. The molecule has 1 rings (SSSR count). The molecule has 0 saturated carbocycles. The summed E-state index contributed by atoms with van der Waals surface area (Å²) in [4.78, 5) is 36.6. The summed E-state index contributed by atoms with van der Waals surface area (Å²) in [5.41, 5.74) is 0.968. The van der Waals surface area contributed by atoms with Crippen LogP contribution in [0.2, 0.25) is 0 Å². The predicted octanol–water partition coefficient (Wildman–Crippen LogP) is 1.42. The first-order valence-electron chi connectivity index (χ1n) is 7.44. The second-order valence-electron chi connectivity index (χ2n) is 5.66. The maximum atomic E-state index is 12.2. The van der Waals surface area contributed by atoms with E-state index in [4.69, 9.17) is 0 Å². The van der Waals surface area contributed by atoms with E-state index in [2.05, 4.69) is 5.32 Å². The lowest BCUT2D eigenvalue weighted by molar-refractivity contribution is -0.134. The number of ketones is 2. The zero-order valence-electron chi connectivity index (χ0n) is 13.5. The van der Waals surface area contributed by atoms with Gasteiger partial charge in [0, 0.05) is 12.5 Å². The molecule has 0 unspecified atom stereocenters. The van der Waals surface area contributed by atoms with Crippen LogP contribution in [0, 0.1) is 5.92 Å². The van der Waals surface area contributed by atoms with Crippen molar-refractivity contribution in [3.8, 4) is 0 Å². The molecule has 0 spiro atoms. The Morgan fingerprint density at radius 1 is 1.09 bits per heavy atom. The van der Waals surface area contributed by atoms with Gasteiger partial charge in [-0.15, -0.1) is 0 Å². The summed E-state index contributed by atoms with van der Waals surface area (Å²) in [6, 6.07) is 9.52. The first kappa shape index (κ1) is 18.0. The number of benzene rings is 1. The van der Waals surface area contributed by atoms with Crippen LogP contribution in [0.4, 0.5) is 0 Å². The average molecular weight is 304 g/mol. The van der Waals surface area contributed by atoms with Gasteiger partial charge in [-0.05, 0) is 12.5 Å². The van der Waals surface area contributed by atoms with Gasteiger partial charge in [0.15, 0.2) is 0 Å². The van der Waals surface area contributed by atoms with Crippen LogP contribution >= 0.6 is 0 Å². The molecule has 0 saturated heterocycles. The van der Waals surface area contributed by atoms with Crippen molar-refractivity contribution in [2.45, 2.75) is 27.3 Å². The molecular formula is C17H24N2O3. The summed E-state index contributed by atoms with van der Waals surface area (Å²) < 4.78 is 0. The van der Waals surface area contributed by atoms with Crippen molar-refractivity contribution in [1.82, 2.24) is 10.2 Å². The number of rotatable bonds is 9. The third-order valence-electron chi connectivity index (χ3n) is 3.20. The first-order chi connectivity index (χ1) is 10.4. The van der Waals surface area contributed by atoms with Crippen molar-refractivity contribution in [2.75, 3.05) is 19.6 Å². The van der Waals surface area contributed by atoms with E-state index in [-0.39, 0.29) is 43.0 Å². The van der Waals surface area contributed by atoms with Crippen molar-refractivity contribution < 1.29 is 14.4 Å². The van der Waals surface area contributed by atoms with Crippen molar-refractivity contribution in [2.24, 2.45) is 5.92 Å². The molecule has 0 aliphatic carbocycles. The van der Waals surface area contributed by atoms with E-state index in [0.29, 0.717) is 6.54 Å². The van der Waals surface area contributed by atoms with E-state index in [1.807, 2.05) is 44.2 Å². The first-order valence-corrected chi connectivity index (χ1v) is 7.44. The van der Waals surface area contributed by atoms with E-state index in [1.165, 1.54) is 11.8 Å². The topological polar surface area (TPSA) is 66.5 Å². The molecule has 5 heteroatoms. The third-order valence-corrected chi connectivity index (χ3v) is 3.20. The Bertz CT molecular complexity index is 512. The van der Waals surface area contributed by atoms with Crippen LogP contribution in [-0.2, 0) is 20.9 Å². The second-order valence-corrected chi connectivity index (χ2v) is 5.66. The summed E-state index contributed by atoms with van der Waals surface area (Å²) in [5.74, 6) is -0.243. The van der Waals surface area contributed by atoms with Gasteiger partial charge in [-0.2, -0.15) is 0 Å². The molecule has 5 nitrogen and oxygen atoms in total. The number of hydrogen-bond donors (Lipinski definition) is 1. The lowest BCUT2D eigenvalue weighted by Crippen LogP contribution is -2.41. The van der Waals surface area contributed by atoms with Crippen LogP contribution in [0.25, 0.3) is 0 Å². The van der Waals surface area contributed by atoms with Crippen LogP contribution in [0.1, 0.15) is 26.3 Å². The predicted molar refractivity (Wildman–Crippen MR) is 85.3 cm³/mol. The zero-order valence-corrected chi connectivity index (χ0v) is 13.5. The smallest absolute Gasteiger partial charge is 0.237 e. The number of Topliss-reactive ketones (excluding diaryl/α,β-unsaturated/α-hetero) is 2. The molecule has 0 aromatic heterocycles. The van der Waals surface area contributed by atoms with Gasteiger partial charge in [0.25, 0.3) is 0 Å². The van der Waals surface area contributed by atoms with Gasteiger partial charge < -0.3 is 10.2 Å². The van der Waals surface area contributed by atoms with Gasteiger partial charge in [0.1, 0.15) is 11.6 Å². The van der Waals surface area contributed by atoms with Crippen LogP contribution in [-0.4, -0.2) is 42.0 Å². The highest BCUT2D eigenvalue weighted by Gasteiger charge is 2.16. The van der Waals surface area contributed by atoms with Gasteiger partial charge >= 0.3 is 0 Å². The van der Waals surface area contributed by atoms with Gasteiger partial charge in [0.05, 0.1) is 19.6 Å². The summed E-state index contributed by atoms with van der Waals surface area (Å²) in [6.45, 7) is 5.79. The summed E-state index contributed by atoms with van der Waals surface area (Å²) in [7, 11) is 0. The monoisotopic (exact) mass is 304 g/mol. The molecule has 0 heterocycles. The molecular weight excluding hydrogens is 280 g/mol. The molecule has 0 radical (unpaired) electrons. The number of hydrogen-bond acceptors (Lipinski definition) is 4. The molecule has 1 N–H and O–H groups in total. The van der Waals surface area contributed by atoms with Crippen molar-refractivity contribution in [1.29, 1.82) is 0 Å². The minimum Gasteiger partial charge on any atom is -0.330 e. The molecule has 22 heavy (non-hydrogen) atoms. The minimum atomic E-state index is -0.185. The Balaban J connectivity index is 2.57. The highest BCUT2D eigenvalue weighted by Crippen LogP contribution is 2.04. The maximum absolute atomic E-state index is 12.2. The van der Waals surface area contributed by atoms with Crippen molar-refractivity contribution in [3.05, 3.63) is 35.9 Å². The minimum absolute atomic E-state index is 0.0541. The Morgan fingerprint density at radius 3 is 2.27 bits per heavy atom. The van der Waals surface area contributed by atoms with Gasteiger partial charge in [-0.1, -0.05) is 44.2 Å². The molecule has 1 aromatic rings. The van der Waals surface area contributed by atoms with Crippen LogP contribution < -0.4 is 5.32 Å². The highest BCUT2D eigenvalue weighted by atomic mass is 16.2.